The second-order valence-corrected chi connectivity index (χ2v) is 3.85. The Bertz CT molecular complexity index is 472. The number of fused-ring (bicyclic) bond motifs is 1. The number of hydrogen-bond donors (Lipinski definition) is 0. The maximum Gasteiger partial charge on any atom is 0.349 e. The zero-order valence-electron chi connectivity index (χ0n) is 7.98. The van der Waals surface area contributed by atoms with Crippen LogP contribution in [0.15, 0.2) is 12.4 Å². The molecule has 4 nitrogen and oxygen atoms in total. The summed E-state index contributed by atoms with van der Waals surface area (Å²) >= 11 is 1.34. The maximum absolute atomic E-state index is 11.2. The molecular weight excluding hydrogens is 200 g/mol. The highest BCUT2D eigenvalue weighted by molar-refractivity contribution is 7.18. The van der Waals surface area contributed by atoms with Crippen molar-refractivity contribution >= 4 is 22.3 Å². The number of imidazole rings is 1. The van der Waals surface area contributed by atoms with Crippen molar-refractivity contribution in [1.29, 1.82) is 0 Å². The molecule has 2 rings (SSSR count). The van der Waals surface area contributed by atoms with E-state index in [-0.39, 0.29) is 5.97 Å². The molecule has 0 saturated heterocycles. The monoisotopic (exact) mass is 210 g/mol. The van der Waals surface area contributed by atoms with Gasteiger partial charge in [-0.1, -0.05) is 18.3 Å². The third kappa shape index (κ3) is 1.29. The second kappa shape index (κ2) is 3.42. The normalized spacial score (nSPS) is 10.7. The van der Waals surface area contributed by atoms with Crippen LogP contribution < -0.4 is 0 Å². The zero-order valence-corrected chi connectivity index (χ0v) is 8.80. The van der Waals surface area contributed by atoms with Gasteiger partial charge >= 0.3 is 5.97 Å². The lowest BCUT2D eigenvalue weighted by molar-refractivity contribution is 0.0606. The van der Waals surface area contributed by atoms with E-state index in [0.29, 0.717) is 4.88 Å². The molecule has 0 aliphatic heterocycles. The van der Waals surface area contributed by atoms with Gasteiger partial charge in [-0.2, -0.15) is 0 Å². The lowest BCUT2D eigenvalue weighted by Crippen LogP contribution is -1.97. The first kappa shape index (κ1) is 9.21. The lowest BCUT2D eigenvalue weighted by atomic mass is 10.4. The van der Waals surface area contributed by atoms with Crippen LogP contribution in [0.2, 0.25) is 0 Å². The van der Waals surface area contributed by atoms with Crippen LogP contribution in [0.25, 0.3) is 4.96 Å². The Kier molecular flexibility index (Phi) is 2.25. The summed E-state index contributed by atoms with van der Waals surface area (Å²) in [5, 5.41) is 0. The topological polar surface area (TPSA) is 43.6 Å². The van der Waals surface area contributed by atoms with Crippen molar-refractivity contribution in [3.05, 3.63) is 23.0 Å². The molecule has 0 aliphatic carbocycles. The van der Waals surface area contributed by atoms with Gasteiger partial charge in [-0.15, -0.1) is 0 Å². The Balaban J connectivity index is 2.52. The van der Waals surface area contributed by atoms with Gasteiger partial charge in [0.2, 0.25) is 0 Å². The molecule has 0 bridgehead atoms. The van der Waals surface area contributed by atoms with E-state index in [2.05, 4.69) is 16.6 Å². The molecule has 0 aliphatic rings. The van der Waals surface area contributed by atoms with Crippen LogP contribution in [0.4, 0.5) is 0 Å². The molecule has 0 saturated carbocycles. The van der Waals surface area contributed by atoms with Crippen molar-refractivity contribution in [3.63, 3.8) is 0 Å². The van der Waals surface area contributed by atoms with Crippen LogP contribution in [0.1, 0.15) is 22.3 Å². The van der Waals surface area contributed by atoms with E-state index in [4.69, 9.17) is 0 Å². The van der Waals surface area contributed by atoms with Crippen LogP contribution >= 0.6 is 11.3 Å². The van der Waals surface area contributed by atoms with Gasteiger partial charge in [0.15, 0.2) is 4.96 Å². The van der Waals surface area contributed by atoms with Crippen molar-refractivity contribution in [2.24, 2.45) is 0 Å². The van der Waals surface area contributed by atoms with Gasteiger partial charge in [0.25, 0.3) is 0 Å². The number of nitrogens with zero attached hydrogens (tertiary/aromatic N) is 2. The molecule has 74 valence electrons. The fourth-order valence-corrected chi connectivity index (χ4v) is 2.18. The van der Waals surface area contributed by atoms with Gasteiger partial charge in [-0.3, -0.25) is 4.40 Å². The zero-order chi connectivity index (χ0) is 10.1. The molecule has 0 radical (unpaired) electrons. The van der Waals surface area contributed by atoms with Crippen molar-refractivity contribution < 1.29 is 9.53 Å². The molecule has 0 aromatic carbocycles. The van der Waals surface area contributed by atoms with Crippen LogP contribution in [-0.4, -0.2) is 22.5 Å². The number of esters is 1. The minimum absolute atomic E-state index is 0.303. The molecule has 0 atom stereocenters. The highest BCUT2D eigenvalue weighted by atomic mass is 32.1. The third-order valence-corrected chi connectivity index (χ3v) is 3.01. The van der Waals surface area contributed by atoms with Crippen LogP contribution in [0.5, 0.6) is 0 Å². The average Bonchev–Trinajstić information content (AvgIpc) is 2.74. The van der Waals surface area contributed by atoms with E-state index in [1.54, 1.807) is 6.20 Å². The van der Waals surface area contributed by atoms with Gasteiger partial charge in [0, 0.05) is 11.9 Å². The molecular formula is C9H10N2O2S. The van der Waals surface area contributed by atoms with Crippen molar-refractivity contribution in [3.8, 4) is 0 Å². The molecule has 0 fully saturated rings. The molecule has 2 aromatic rings. The second-order valence-electron chi connectivity index (χ2n) is 2.84. The summed E-state index contributed by atoms with van der Waals surface area (Å²) in [7, 11) is 1.38. The number of aryl methyl sites for hydroxylation is 1. The van der Waals surface area contributed by atoms with Crippen LogP contribution in [0.3, 0.4) is 0 Å². The summed E-state index contributed by atoms with van der Waals surface area (Å²) in [5.74, 6) is -0.303. The maximum atomic E-state index is 11.2. The minimum Gasteiger partial charge on any atom is -0.465 e. The first-order valence-electron chi connectivity index (χ1n) is 4.30. The molecule has 0 N–H and O–H groups in total. The lowest BCUT2D eigenvalue weighted by Gasteiger charge is -1.92. The summed E-state index contributed by atoms with van der Waals surface area (Å²) < 4.78 is 6.57. The van der Waals surface area contributed by atoms with E-state index in [1.807, 2.05) is 10.6 Å². The Morgan fingerprint density at radius 3 is 3.14 bits per heavy atom. The van der Waals surface area contributed by atoms with Crippen molar-refractivity contribution in [1.82, 2.24) is 9.38 Å². The number of hydrogen-bond acceptors (Lipinski definition) is 4. The molecule has 2 aromatic heterocycles. The Labute approximate surface area is 85.1 Å². The Morgan fingerprint density at radius 1 is 1.71 bits per heavy atom. The van der Waals surface area contributed by atoms with Gasteiger partial charge < -0.3 is 4.74 Å². The molecule has 2 heterocycles. The molecule has 0 unspecified atom stereocenters. The smallest absolute Gasteiger partial charge is 0.349 e. The van der Waals surface area contributed by atoms with E-state index < -0.39 is 0 Å². The van der Waals surface area contributed by atoms with Crippen molar-refractivity contribution in [2.45, 2.75) is 13.3 Å². The highest BCUT2D eigenvalue weighted by Gasteiger charge is 2.12. The fourth-order valence-electron chi connectivity index (χ4n) is 1.29. The standard InChI is InChI=1S/C9H10N2O2S/c1-3-6-4-10-9-11(6)5-7(14-9)8(12)13-2/h4-5H,3H2,1-2H3. The summed E-state index contributed by atoms with van der Waals surface area (Å²) in [5.41, 5.74) is 1.10. The summed E-state index contributed by atoms with van der Waals surface area (Å²) in [4.78, 5) is 16.9. The quantitative estimate of drug-likeness (QED) is 0.709. The Hall–Kier alpha value is -1.36. The number of methoxy groups -OCH3 is 1. The van der Waals surface area contributed by atoms with Gasteiger partial charge in [-0.25, -0.2) is 9.78 Å². The molecule has 5 heteroatoms. The van der Waals surface area contributed by atoms with E-state index in [1.165, 1.54) is 18.4 Å². The molecule has 0 spiro atoms. The number of thiazole rings is 1. The van der Waals surface area contributed by atoms with Gasteiger partial charge in [0.05, 0.1) is 13.3 Å². The summed E-state index contributed by atoms with van der Waals surface area (Å²) in [6.45, 7) is 2.05. The van der Waals surface area contributed by atoms with Crippen LogP contribution in [-0.2, 0) is 11.2 Å². The molecule has 14 heavy (non-hydrogen) atoms. The molecule has 0 amide bonds. The van der Waals surface area contributed by atoms with Gasteiger partial charge in [0.1, 0.15) is 4.88 Å². The predicted molar refractivity (Wildman–Crippen MR) is 53.8 cm³/mol. The average molecular weight is 210 g/mol. The number of carbonyl (C=O) groups is 1. The largest absolute Gasteiger partial charge is 0.465 e. The van der Waals surface area contributed by atoms with E-state index >= 15 is 0 Å². The van der Waals surface area contributed by atoms with Crippen molar-refractivity contribution in [2.75, 3.05) is 7.11 Å². The fraction of sp³-hybridized carbons (Fsp3) is 0.333. The number of ether oxygens (including phenoxy) is 1. The number of rotatable bonds is 2. The Morgan fingerprint density at radius 2 is 2.50 bits per heavy atom. The highest BCUT2D eigenvalue weighted by Crippen LogP contribution is 2.19. The third-order valence-electron chi connectivity index (χ3n) is 2.04. The SMILES string of the molecule is CCc1cnc2sc(C(=O)OC)cn12. The van der Waals surface area contributed by atoms with E-state index in [0.717, 1.165) is 17.1 Å². The number of carbonyl (C=O) groups excluding carboxylic acids is 1. The first-order valence-corrected chi connectivity index (χ1v) is 5.12. The summed E-state index contributed by atoms with van der Waals surface area (Å²) in [6.07, 6.45) is 4.50. The predicted octanol–water partition coefficient (Wildman–Crippen LogP) is 1.74. The summed E-state index contributed by atoms with van der Waals surface area (Å²) in [6, 6.07) is 0. The first-order chi connectivity index (χ1) is 6.76. The van der Waals surface area contributed by atoms with Crippen LogP contribution in [0, 0.1) is 0 Å². The van der Waals surface area contributed by atoms with E-state index in [9.17, 15) is 4.79 Å². The van der Waals surface area contributed by atoms with Gasteiger partial charge in [-0.05, 0) is 6.42 Å². The minimum atomic E-state index is -0.303. The number of aromatic nitrogens is 2.